The number of hydrogen-bond donors (Lipinski definition) is 2. The third kappa shape index (κ3) is 2.66. The summed E-state index contributed by atoms with van der Waals surface area (Å²) in [5.41, 5.74) is -0.204. The first-order valence-corrected chi connectivity index (χ1v) is 12.0. The fraction of sp³-hybridized carbons (Fsp3) is 0.947. The molecule has 3 saturated carbocycles. The van der Waals surface area contributed by atoms with Crippen LogP contribution in [-0.2, 0) is 4.79 Å². The van der Waals surface area contributed by atoms with Crippen LogP contribution in [0.2, 0.25) is 0 Å². The second kappa shape index (κ2) is 5.93. The van der Waals surface area contributed by atoms with Crippen molar-refractivity contribution in [1.82, 2.24) is 10.6 Å². The van der Waals surface area contributed by atoms with Gasteiger partial charge in [0.05, 0.1) is 9.15 Å². The normalized spacial score (nSPS) is 41.4. The zero-order valence-electron chi connectivity index (χ0n) is 16.1. The standard InChI is InChI=1S/C19H31Br3N2O/c1-15(2)9-11(10-16(3,4)24-15)23-14(25)19-8-7-18(12(19)20,13(21)22)17(19,5)6/h11-13,24H,7-10H2,1-6H3,(H,23,25)/t12-,18+,19-/m1/s1. The molecule has 3 atom stereocenters. The van der Waals surface area contributed by atoms with Gasteiger partial charge in [0.15, 0.2) is 0 Å². The Morgan fingerprint density at radius 2 is 1.56 bits per heavy atom. The molecular weight excluding hydrogens is 512 g/mol. The first kappa shape index (κ1) is 20.6. The van der Waals surface area contributed by atoms with E-state index in [-0.39, 0.29) is 47.8 Å². The summed E-state index contributed by atoms with van der Waals surface area (Å²) in [6.45, 7) is 13.4. The number of amides is 1. The summed E-state index contributed by atoms with van der Waals surface area (Å²) in [4.78, 5) is 13.7. The van der Waals surface area contributed by atoms with E-state index >= 15 is 0 Å². The van der Waals surface area contributed by atoms with Gasteiger partial charge in [-0.05, 0) is 58.8 Å². The molecule has 0 radical (unpaired) electrons. The molecular formula is C19H31Br3N2O. The van der Waals surface area contributed by atoms with Crippen molar-refractivity contribution >= 4 is 53.7 Å². The van der Waals surface area contributed by atoms with Crippen molar-refractivity contribution in [2.45, 2.75) is 92.9 Å². The van der Waals surface area contributed by atoms with Crippen molar-refractivity contribution < 1.29 is 4.79 Å². The van der Waals surface area contributed by atoms with Gasteiger partial charge in [-0.25, -0.2) is 0 Å². The molecule has 0 unspecified atom stereocenters. The maximum absolute atomic E-state index is 13.5. The van der Waals surface area contributed by atoms with Crippen LogP contribution in [-0.4, -0.2) is 31.6 Å². The lowest BCUT2D eigenvalue weighted by Crippen LogP contribution is -2.73. The van der Waals surface area contributed by atoms with Crippen LogP contribution in [0.3, 0.4) is 0 Å². The zero-order chi connectivity index (χ0) is 19.1. The highest BCUT2D eigenvalue weighted by Crippen LogP contribution is 2.82. The molecule has 0 spiro atoms. The Labute approximate surface area is 177 Å². The second-order valence-corrected chi connectivity index (χ2v) is 14.2. The van der Waals surface area contributed by atoms with E-state index in [1.54, 1.807) is 0 Å². The molecule has 1 aliphatic heterocycles. The monoisotopic (exact) mass is 540 g/mol. The van der Waals surface area contributed by atoms with E-state index in [2.05, 4.69) is 100.0 Å². The molecule has 2 N–H and O–H groups in total. The number of fused-ring (bicyclic) bond motifs is 1. The third-order valence-corrected chi connectivity index (χ3v) is 10.6. The van der Waals surface area contributed by atoms with Crippen LogP contribution in [0, 0.1) is 16.2 Å². The molecule has 144 valence electrons. The molecule has 0 aromatic carbocycles. The van der Waals surface area contributed by atoms with Gasteiger partial charge in [-0.3, -0.25) is 4.79 Å². The van der Waals surface area contributed by atoms with Gasteiger partial charge in [0.25, 0.3) is 0 Å². The summed E-state index contributed by atoms with van der Waals surface area (Å²) >= 11 is 11.4. The van der Waals surface area contributed by atoms with Gasteiger partial charge < -0.3 is 10.6 Å². The van der Waals surface area contributed by atoms with Crippen LogP contribution < -0.4 is 10.6 Å². The van der Waals surface area contributed by atoms with Crippen molar-refractivity contribution in [2.24, 2.45) is 16.2 Å². The first-order valence-electron chi connectivity index (χ1n) is 9.24. The SMILES string of the molecule is CC1(C)CC(NC(=O)[C@@]23CC[C@@](C(Br)Br)([C@H]2Br)C3(C)C)CC(C)(C)N1. The quantitative estimate of drug-likeness (QED) is 0.487. The number of nitrogens with one attached hydrogen (secondary N) is 2. The van der Waals surface area contributed by atoms with Gasteiger partial charge in [0.1, 0.15) is 0 Å². The van der Waals surface area contributed by atoms with Crippen molar-refractivity contribution in [3.05, 3.63) is 0 Å². The molecule has 4 fully saturated rings. The van der Waals surface area contributed by atoms with Gasteiger partial charge in [0.2, 0.25) is 5.91 Å². The Bertz CT molecular complexity index is 573. The highest BCUT2D eigenvalue weighted by Gasteiger charge is 2.83. The molecule has 6 heteroatoms. The minimum Gasteiger partial charge on any atom is -0.353 e. The van der Waals surface area contributed by atoms with Crippen molar-refractivity contribution in [2.75, 3.05) is 0 Å². The van der Waals surface area contributed by atoms with E-state index in [0.717, 1.165) is 25.7 Å². The van der Waals surface area contributed by atoms with E-state index in [0.29, 0.717) is 0 Å². The Hall–Kier alpha value is 0.870. The number of hydrogen-bond acceptors (Lipinski definition) is 2. The average Bonchev–Trinajstić information content (AvgIpc) is 2.84. The summed E-state index contributed by atoms with van der Waals surface area (Å²) in [6.07, 6.45) is 3.95. The van der Waals surface area contributed by atoms with Crippen LogP contribution in [0.4, 0.5) is 0 Å². The van der Waals surface area contributed by atoms with Crippen LogP contribution in [0.25, 0.3) is 0 Å². The summed E-state index contributed by atoms with van der Waals surface area (Å²) in [5.74, 6) is 0.242. The van der Waals surface area contributed by atoms with Crippen LogP contribution in [0.1, 0.15) is 67.2 Å². The van der Waals surface area contributed by atoms with Gasteiger partial charge in [0, 0.05) is 27.4 Å². The molecule has 3 aliphatic carbocycles. The van der Waals surface area contributed by atoms with Crippen LogP contribution in [0.5, 0.6) is 0 Å². The van der Waals surface area contributed by atoms with Crippen molar-refractivity contribution in [3.8, 4) is 0 Å². The molecule has 0 aromatic rings. The summed E-state index contributed by atoms with van der Waals surface area (Å²) in [6, 6.07) is 0.225. The number of carbonyl (C=O) groups excluding carboxylic acids is 1. The minimum absolute atomic E-state index is 0.0382. The molecule has 25 heavy (non-hydrogen) atoms. The highest BCUT2D eigenvalue weighted by molar-refractivity contribution is 9.24. The maximum atomic E-state index is 13.5. The molecule has 1 amide bonds. The topological polar surface area (TPSA) is 41.1 Å². The van der Waals surface area contributed by atoms with Crippen LogP contribution >= 0.6 is 47.8 Å². The van der Waals surface area contributed by atoms with E-state index < -0.39 is 0 Å². The smallest absolute Gasteiger partial charge is 0.228 e. The fourth-order valence-electron chi connectivity index (χ4n) is 6.44. The number of piperidine rings is 1. The van der Waals surface area contributed by atoms with E-state index in [1.807, 2.05) is 0 Å². The highest BCUT2D eigenvalue weighted by atomic mass is 79.9. The predicted molar refractivity (Wildman–Crippen MR) is 115 cm³/mol. The fourth-order valence-corrected chi connectivity index (χ4v) is 11.4. The Kier molecular flexibility index (Phi) is 4.89. The summed E-state index contributed by atoms with van der Waals surface area (Å²) in [5, 5.41) is 7.15. The number of alkyl halides is 3. The Morgan fingerprint density at radius 1 is 1.04 bits per heavy atom. The molecule has 4 rings (SSSR count). The first-order chi connectivity index (χ1) is 11.2. The minimum atomic E-state index is -0.314. The molecule has 2 bridgehead atoms. The molecule has 1 heterocycles. The third-order valence-electron chi connectivity index (χ3n) is 7.42. The zero-order valence-corrected chi connectivity index (χ0v) is 20.9. The van der Waals surface area contributed by atoms with E-state index in [1.165, 1.54) is 0 Å². The lowest BCUT2D eigenvalue weighted by atomic mass is 9.43. The van der Waals surface area contributed by atoms with E-state index in [9.17, 15) is 4.79 Å². The van der Waals surface area contributed by atoms with E-state index in [4.69, 9.17) is 0 Å². The predicted octanol–water partition coefficient (Wildman–Crippen LogP) is 5.10. The second-order valence-electron chi connectivity index (χ2n) is 10.3. The van der Waals surface area contributed by atoms with Gasteiger partial charge in [-0.2, -0.15) is 0 Å². The molecule has 3 nitrogen and oxygen atoms in total. The van der Waals surface area contributed by atoms with Gasteiger partial charge >= 0.3 is 0 Å². The number of carbonyl (C=O) groups is 1. The number of halogens is 3. The number of rotatable bonds is 3. The lowest BCUT2D eigenvalue weighted by Gasteiger charge is -2.66. The van der Waals surface area contributed by atoms with Crippen LogP contribution in [0.15, 0.2) is 0 Å². The summed E-state index contributed by atoms with van der Waals surface area (Å²) in [7, 11) is 0. The lowest BCUT2D eigenvalue weighted by molar-refractivity contribution is -0.162. The summed E-state index contributed by atoms with van der Waals surface area (Å²) < 4.78 is 0.215. The Balaban J connectivity index is 1.81. The van der Waals surface area contributed by atoms with Gasteiger partial charge in [-0.1, -0.05) is 61.6 Å². The molecule has 4 aliphatic rings. The largest absolute Gasteiger partial charge is 0.353 e. The Morgan fingerprint density at radius 3 is 1.96 bits per heavy atom. The average molecular weight is 543 g/mol. The van der Waals surface area contributed by atoms with Gasteiger partial charge in [-0.15, -0.1) is 0 Å². The molecule has 0 aromatic heterocycles. The maximum Gasteiger partial charge on any atom is 0.228 e. The van der Waals surface area contributed by atoms with Crippen molar-refractivity contribution in [3.63, 3.8) is 0 Å². The molecule has 1 saturated heterocycles. The van der Waals surface area contributed by atoms with Crippen molar-refractivity contribution in [1.29, 1.82) is 0 Å².